The summed E-state index contributed by atoms with van der Waals surface area (Å²) in [6.07, 6.45) is 0. The number of benzene rings is 2. The van der Waals surface area contributed by atoms with Crippen molar-refractivity contribution in [1.82, 2.24) is 0 Å². The van der Waals surface area contributed by atoms with Gasteiger partial charge < -0.3 is 5.73 Å². The number of nitrogens with two attached hydrogens (primary N) is 1. The van der Waals surface area contributed by atoms with E-state index in [0.29, 0.717) is 5.56 Å². The van der Waals surface area contributed by atoms with E-state index in [9.17, 15) is 4.39 Å². The fraction of sp³-hybridized carbons (Fsp3) is 0.0714. The van der Waals surface area contributed by atoms with Gasteiger partial charge in [-0.2, -0.15) is 0 Å². The number of nitrogens with one attached hydrogen (secondary N) is 1. The molecule has 0 heterocycles. The summed E-state index contributed by atoms with van der Waals surface area (Å²) < 4.78 is 13.0. The molecule has 2 rings (SSSR count). The van der Waals surface area contributed by atoms with Crippen LogP contribution < -0.4 is 5.73 Å². The fourth-order valence-corrected chi connectivity index (χ4v) is 2.44. The smallest absolute Gasteiger partial charge is 0.124 e. The summed E-state index contributed by atoms with van der Waals surface area (Å²) in [4.78, 5) is 0.892. The molecule has 0 aliphatic rings. The molecule has 18 heavy (non-hydrogen) atoms. The first-order chi connectivity index (χ1) is 8.65. The van der Waals surface area contributed by atoms with E-state index in [2.05, 4.69) is 0 Å². The topological polar surface area (TPSA) is 49.9 Å². The van der Waals surface area contributed by atoms with Crippen molar-refractivity contribution in [2.45, 2.75) is 10.6 Å². The van der Waals surface area contributed by atoms with Gasteiger partial charge in [0.2, 0.25) is 0 Å². The van der Waals surface area contributed by atoms with E-state index >= 15 is 0 Å². The summed E-state index contributed by atoms with van der Waals surface area (Å²) in [5, 5.41) is 7.38. The third kappa shape index (κ3) is 3.34. The lowest BCUT2D eigenvalue weighted by Crippen LogP contribution is -2.10. The van der Waals surface area contributed by atoms with Crippen molar-refractivity contribution in [3.63, 3.8) is 0 Å². The molecule has 0 aliphatic carbocycles. The highest BCUT2D eigenvalue weighted by Gasteiger charge is 2.01. The van der Waals surface area contributed by atoms with Crippen LogP contribution in [0, 0.1) is 11.2 Å². The van der Waals surface area contributed by atoms with Gasteiger partial charge in [0.1, 0.15) is 11.7 Å². The molecule has 0 radical (unpaired) electrons. The average molecular weight is 260 g/mol. The summed E-state index contributed by atoms with van der Waals surface area (Å²) >= 11 is 1.56. The number of thioether (sulfide) groups is 1. The first-order valence-corrected chi connectivity index (χ1v) is 6.45. The molecule has 0 amide bonds. The van der Waals surface area contributed by atoms with Crippen molar-refractivity contribution in [3.8, 4) is 0 Å². The van der Waals surface area contributed by atoms with Crippen molar-refractivity contribution < 1.29 is 4.39 Å². The Bertz CT molecular complexity index is 569. The first kappa shape index (κ1) is 12.6. The molecule has 2 aromatic rings. The van der Waals surface area contributed by atoms with Gasteiger partial charge in [0, 0.05) is 16.2 Å². The van der Waals surface area contributed by atoms with Crippen LogP contribution in [0.2, 0.25) is 0 Å². The van der Waals surface area contributed by atoms with E-state index in [1.807, 2.05) is 24.3 Å². The Morgan fingerprint density at radius 1 is 1.17 bits per heavy atom. The van der Waals surface area contributed by atoms with Crippen molar-refractivity contribution in [2.75, 3.05) is 0 Å². The van der Waals surface area contributed by atoms with Crippen molar-refractivity contribution >= 4 is 17.6 Å². The molecular formula is C14H13FN2S. The Balaban J connectivity index is 2.06. The number of rotatable bonds is 4. The lowest BCUT2D eigenvalue weighted by Gasteiger charge is -2.04. The lowest BCUT2D eigenvalue weighted by molar-refractivity contribution is 0.624. The van der Waals surface area contributed by atoms with E-state index in [1.54, 1.807) is 23.9 Å². The highest BCUT2D eigenvalue weighted by Crippen LogP contribution is 2.23. The first-order valence-electron chi connectivity index (χ1n) is 5.47. The average Bonchev–Trinajstić information content (AvgIpc) is 2.37. The van der Waals surface area contributed by atoms with Gasteiger partial charge in [-0.1, -0.05) is 24.3 Å². The molecule has 0 spiro atoms. The molecule has 0 unspecified atom stereocenters. The van der Waals surface area contributed by atoms with E-state index in [-0.39, 0.29) is 11.7 Å². The molecule has 0 atom stereocenters. The zero-order valence-electron chi connectivity index (χ0n) is 9.69. The Hall–Kier alpha value is -1.81. The summed E-state index contributed by atoms with van der Waals surface area (Å²) in [7, 11) is 0. The normalized spacial score (nSPS) is 10.3. The number of hydrogen-bond donors (Lipinski definition) is 2. The maximum Gasteiger partial charge on any atom is 0.124 e. The zero-order chi connectivity index (χ0) is 13.0. The predicted octanol–water partition coefficient (Wildman–Crippen LogP) is 3.40. The molecular weight excluding hydrogens is 247 g/mol. The molecule has 0 saturated carbocycles. The van der Waals surface area contributed by atoms with Crippen LogP contribution in [0.25, 0.3) is 0 Å². The minimum Gasteiger partial charge on any atom is -0.384 e. The quantitative estimate of drug-likeness (QED) is 0.503. The van der Waals surface area contributed by atoms with Crippen LogP contribution in [0.3, 0.4) is 0 Å². The van der Waals surface area contributed by atoms with E-state index in [4.69, 9.17) is 11.1 Å². The van der Waals surface area contributed by atoms with Gasteiger partial charge in [0.15, 0.2) is 0 Å². The molecule has 0 bridgehead atoms. The van der Waals surface area contributed by atoms with Gasteiger partial charge in [-0.25, -0.2) is 4.39 Å². The summed E-state index contributed by atoms with van der Waals surface area (Å²) in [5.74, 6) is 0.565. The zero-order valence-corrected chi connectivity index (χ0v) is 10.5. The molecule has 4 heteroatoms. The molecule has 3 N–H and O–H groups in total. The van der Waals surface area contributed by atoms with E-state index in [1.165, 1.54) is 12.1 Å². The van der Waals surface area contributed by atoms with Crippen LogP contribution in [0.1, 0.15) is 11.1 Å². The predicted molar refractivity (Wildman–Crippen MR) is 73.4 cm³/mol. The Morgan fingerprint density at radius 3 is 2.67 bits per heavy atom. The van der Waals surface area contributed by atoms with Gasteiger partial charge in [0.05, 0.1) is 0 Å². The Kier molecular flexibility index (Phi) is 3.99. The minimum absolute atomic E-state index is 0.0626. The van der Waals surface area contributed by atoms with Gasteiger partial charge in [-0.15, -0.1) is 11.8 Å². The van der Waals surface area contributed by atoms with Gasteiger partial charge in [-0.3, -0.25) is 5.41 Å². The van der Waals surface area contributed by atoms with Crippen molar-refractivity contribution in [2.24, 2.45) is 5.73 Å². The van der Waals surface area contributed by atoms with Crippen LogP contribution in [-0.2, 0) is 5.75 Å². The highest BCUT2D eigenvalue weighted by atomic mass is 32.2. The van der Waals surface area contributed by atoms with Crippen LogP contribution in [-0.4, -0.2) is 5.84 Å². The van der Waals surface area contributed by atoms with Crippen LogP contribution in [0.4, 0.5) is 4.39 Å². The monoisotopic (exact) mass is 260 g/mol. The van der Waals surface area contributed by atoms with E-state index < -0.39 is 0 Å². The third-order valence-electron chi connectivity index (χ3n) is 2.44. The number of halogens is 1. The van der Waals surface area contributed by atoms with Gasteiger partial charge >= 0.3 is 0 Å². The molecule has 0 saturated heterocycles. The molecule has 92 valence electrons. The largest absolute Gasteiger partial charge is 0.384 e. The second-order valence-electron chi connectivity index (χ2n) is 3.86. The van der Waals surface area contributed by atoms with Crippen molar-refractivity contribution in [3.05, 3.63) is 65.5 Å². The molecule has 2 nitrogen and oxygen atoms in total. The molecule has 0 fully saturated rings. The van der Waals surface area contributed by atoms with Gasteiger partial charge in [0.25, 0.3) is 0 Å². The molecule has 0 aliphatic heterocycles. The summed E-state index contributed by atoms with van der Waals surface area (Å²) in [6.45, 7) is 0. The van der Waals surface area contributed by atoms with Crippen LogP contribution in [0.5, 0.6) is 0 Å². The maximum absolute atomic E-state index is 13.0. The maximum atomic E-state index is 13.0. The number of hydrogen-bond acceptors (Lipinski definition) is 2. The van der Waals surface area contributed by atoms with Crippen molar-refractivity contribution in [1.29, 1.82) is 5.41 Å². The third-order valence-corrected chi connectivity index (χ3v) is 3.50. The summed E-state index contributed by atoms with van der Waals surface area (Å²) in [6, 6.07) is 14.1. The minimum atomic E-state index is -0.225. The molecule has 0 aromatic heterocycles. The molecule has 2 aromatic carbocycles. The Morgan fingerprint density at radius 2 is 1.94 bits per heavy atom. The standard InChI is InChI=1S/C14H13FN2S/c15-12-5-2-6-13(8-12)18-9-10-3-1-4-11(7-10)14(16)17/h1-8H,9H2,(H3,16,17). The lowest BCUT2D eigenvalue weighted by atomic mass is 10.1. The number of amidine groups is 1. The highest BCUT2D eigenvalue weighted by molar-refractivity contribution is 7.98. The van der Waals surface area contributed by atoms with E-state index in [0.717, 1.165) is 16.2 Å². The van der Waals surface area contributed by atoms with Gasteiger partial charge in [-0.05, 0) is 29.8 Å². The SMILES string of the molecule is N=C(N)c1cccc(CSc2cccc(F)c2)c1. The fourth-order valence-electron chi connectivity index (χ4n) is 1.55. The summed E-state index contributed by atoms with van der Waals surface area (Å²) in [5.41, 5.74) is 7.22. The Labute approximate surface area is 110 Å². The van der Waals surface area contributed by atoms with Crippen LogP contribution >= 0.6 is 11.8 Å². The van der Waals surface area contributed by atoms with Crippen LogP contribution in [0.15, 0.2) is 53.4 Å². The second kappa shape index (κ2) is 5.69. The number of nitrogen functional groups attached to an aromatic ring is 1. The second-order valence-corrected chi connectivity index (χ2v) is 4.91.